The Morgan fingerprint density at radius 1 is 1.00 bits per heavy atom. The van der Waals surface area contributed by atoms with E-state index < -0.39 is 5.79 Å². The van der Waals surface area contributed by atoms with Crippen LogP contribution in [0.1, 0.15) is 85.5 Å². The summed E-state index contributed by atoms with van der Waals surface area (Å²) in [4.78, 5) is 13.9. The normalized spacial score (nSPS) is 60.9. The molecule has 4 aliphatic carbocycles. The van der Waals surface area contributed by atoms with E-state index in [0.29, 0.717) is 41.3 Å². The van der Waals surface area contributed by atoms with Crippen molar-refractivity contribution in [2.24, 2.45) is 52.3 Å². The SMILES string of the molecule is CC1CC[C@@]2(OC1)O[C@H]1C[C@H]3[C@@H]4CCC5CC(O)CC[C@]5(C)[C@H]4C(=O)C[C@]3(C)[C@H]1[C@@H]2C. The van der Waals surface area contributed by atoms with Crippen LogP contribution in [0.5, 0.6) is 0 Å². The van der Waals surface area contributed by atoms with Gasteiger partial charge >= 0.3 is 0 Å². The highest BCUT2D eigenvalue weighted by molar-refractivity contribution is 5.84. The zero-order chi connectivity index (χ0) is 21.8. The maximum Gasteiger partial charge on any atom is 0.171 e. The zero-order valence-electron chi connectivity index (χ0n) is 19.9. The first-order valence-electron chi connectivity index (χ1n) is 13.2. The van der Waals surface area contributed by atoms with Crippen molar-refractivity contribution in [2.45, 2.75) is 103 Å². The van der Waals surface area contributed by atoms with E-state index in [9.17, 15) is 9.90 Å². The molecule has 4 heteroatoms. The first-order valence-corrected chi connectivity index (χ1v) is 13.2. The van der Waals surface area contributed by atoms with Gasteiger partial charge in [-0.3, -0.25) is 4.79 Å². The van der Waals surface area contributed by atoms with Crippen LogP contribution in [0.15, 0.2) is 0 Å². The first-order chi connectivity index (χ1) is 14.7. The Morgan fingerprint density at radius 3 is 2.55 bits per heavy atom. The van der Waals surface area contributed by atoms with Crippen molar-refractivity contribution < 1.29 is 19.4 Å². The van der Waals surface area contributed by atoms with Crippen LogP contribution >= 0.6 is 0 Å². The fourth-order valence-electron chi connectivity index (χ4n) is 10.1. The summed E-state index contributed by atoms with van der Waals surface area (Å²) in [5.74, 6) is 3.36. The van der Waals surface area contributed by atoms with E-state index in [0.717, 1.165) is 51.6 Å². The molecule has 6 rings (SSSR count). The van der Waals surface area contributed by atoms with Gasteiger partial charge in [-0.1, -0.05) is 27.7 Å². The average molecular weight is 431 g/mol. The van der Waals surface area contributed by atoms with Crippen molar-refractivity contribution in [3.05, 3.63) is 0 Å². The first kappa shape index (κ1) is 21.1. The number of ketones is 1. The van der Waals surface area contributed by atoms with Crippen molar-refractivity contribution in [3.8, 4) is 0 Å². The molecule has 4 nitrogen and oxygen atoms in total. The topological polar surface area (TPSA) is 55.8 Å². The molecule has 1 N–H and O–H groups in total. The highest BCUT2D eigenvalue weighted by Gasteiger charge is 2.70. The van der Waals surface area contributed by atoms with Gasteiger partial charge in [-0.2, -0.15) is 0 Å². The van der Waals surface area contributed by atoms with Gasteiger partial charge in [0.2, 0.25) is 0 Å². The minimum Gasteiger partial charge on any atom is -0.393 e. The Morgan fingerprint density at radius 2 is 1.81 bits per heavy atom. The number of hydrogen-bond acceptors (Lipinski definition) is 4. The third-order valence-corrected chi connectivity index (χ3v) is 11.6. The number of carbonyl (C=O) groups is 1. The third-order valence-electron chi connectivity index (χ3n) is 11.6. The van der Waals surface area contributed by atoms with Gasteiger partial charge in [-0.05, 0) is 85.4 Å². The summed E-state index contributed by atoms with van der Waals surface area (Å²) in [7, 11) is 0. The fourth-order valence-corrected chi connectivity index (χ4v) is 10.1. The number of carbonyl (C=O) groups excluding carboxylic acids is 1. The van der Waals surface area contributed by atoms with E-state index in [-0.39, 0.29) is 29.0 Å². The highest BCUT2D eigenvalue weighted by Crippen LogP contribution is 2.70. The van der Waals surface area contributed by atoms with Crippen molar-refractivity contribution in [2.75, 3.05) is 6.61 Å². The lowest BCUT2D eigenvalue weighted by Gasteiger charge is -2.60. The van der Waals surface area contributed by atoms with Crippen LogP contribution < -0.4 is 0 Å². The van der Waals surface area contributed by atoms with Crippen molar-refractivity contribution in [1.82, 2.24) is 0 Å². The molecule has 0 amide bonds. The molecule has 31 heavy (non-hydrogen) atoms. The van der Waals surface area contributed by atoms with Gasteiger partial charge in [0, 0.05) is 24.7 Å². The van der Waals surface area contributed by atoms with Crippen LogP contribution in [0.25, 0.3) is 0 Å². The molecule has 6 aliphatic rings. The van der Waals surface area contributed by atoms with Crippen LogP contribution in [0.4, 0.5) is 0 Å². The van der Waals surface area contributed by atoms with Gasteiger partial charge in [0.15, 0.2) is 5.79 Å². The van der Waals surface area contributed by atoms with Gasteiger partial charge in [0.1, 0.15) is 5.78 Å². The van der Waals surface area contributed by atoms with Crippen LogP contribution in [0, 0.1) is 52.3 Å². The summed E-state index contributed by atoms with van der Waals surface area (Å²) in [6.45, 7) is 10.2. The van der Waals surface area contributed by atoms with E-state index in [1.165, 1.54) is 12.8 Å². The van der Waals surface area contributed by atoms with Crippen LogP contribution in [0.3, 0.4) is 0 Å². The second kappa shape index (κ2) is 6.79. The van der Waals surface area contributed by atoms with Crippen LogP contribution in [-0.2, 0) is 14.3 Å². The Balaban J connectivity index is 1.30. The summed E-state index contributed by atoms with van der Waals surface area (Å²) < 4.78 is 13.2. The van der Waals surface area contributed by atoms with Gasteiger partial charge in [0.05, 0.1) is 18.8 Å². The average Bonchev–Trinajstić information content (AvgIpc) is 3.15. The molecule has 0 aromatic rings. The maximum atomic E-state index is 13.9. The third kappa shape index (κ3) is 2.74. The van der Waals surface area contributed by atoms with Gasteiger partial charge in [-0.15, -0.1) is 0 Å². The summed E-state index contributed by atoms with van der Waals surface area (Å²) in [5.41, 5.74) is 0.143. The Kier molecular flexibility index (Phi) is 4.62. The Hall–Kier alpha value is -0.450. The van der Waals surface area contributed by atoms with E-state index in [1.54, 1.807) is 0 Å². The van der Waals surface area contributed by atoms with E-state index in [4.69, 9.17) is 9.47 Å². The monoisotopic (exact) mass is 430 g/mol. The highest BCUT2D eigenvalue weighted by atomic mass is 16.7. The lowest BCUT2D eigenvalue weighted by molar-refractivity contribution is -0.272. The Labute approximate surface area is 187 Å². The molecule has 0 aromatic carbocycles. The molecule has 174 valence electrons. The molecule has 6 fully saturated rings. The lowest BCUT2D eigenvalue weighted by Crippen LogP contribution is -2.58. The van der Waals surface area contributed by atoms with Gasteiger partial charge < -0.3 is 14.6 Å². The van der Waals surface area contributed by atoms with E-state index in [2.05, 4.69) is 27.7 Å². The maximum absolute atomic E-state index is 13.9. The molecule has 2 saturated heterocycles. The van der Waals surface area contributed by atoms with E-state index >= 15 is 0 Å². The van der Waals surface area contributed by atoms with Crippen molar-refractivity contribution in [1.29, 1.82) is 0 Å². The molecular formula is C27H42O4. The summed E-state index contributed by atoms with van der Waals surface area (Å²) in [6.07, 6.45) is 9.26. The quantitative estimate of drug-likeness (QED) is 0.589. The minimum absolute atomic E-state index is 0.0512. The Bertz CT molecular complexity index is 756. The largest absolute Gasteiger partial charge is 0.393 e. The molecule has 2 heterocycles. The minimum atomic E-state index is -0.404. The van der Waals surface area contributed by atoms with Crippen LogP contribution in [0.2, 0.25) is 0 Å². The number of hydrogen-bond donors (Lipinski definition) is 1. The fraction of sp³-hybridized carbons (Fsp3) is 0.963. The van der Waals surface area contributed by atoms with E-state index in [1.807, 2.05) is 0 Å². The summed E-state index contributed by atoms with van der Waals surface area (Å²) in [5, 5.41) is 10.3. The number of Topliss-reactive ketones (excluding diaryl/α,β-unsaturated/α-hetero) is 1. The van der Waals surface area contributed by atoms with Gasteiger partial charge in [-0.25, -0.2) is 0 Å². The van der Waals surface area contributed by atoms with Crippen molar-refractivity contribution >= 4 is 5.78 Å². The number of rotatable bonds is 0. The number of ether oxygens (including phenoxy) is 2. The molecule has 1 spiro atoms. The number of fused-ring (bicyclic) bond motifs is 7. The molecule has 2 aliphatic heterocycles. The van der Waals surface area contributed by atoms with Crippen molar-refractivity contribution in [3.63, 3.8) is 0 Å². The molecule has 4 saturated carbocycles. The summed E-state index contributed by atoms with van der Waals surface area (Å²) >= 11 is 0. The molecule has 3 unspecified atom stereocenters. The second-order valence-electron chi connectivity index (χ2n) is 13.1. The zero-order valence-corrected chi connectivity index (χ0v) is 19.9. The predicted octanol–water partition coefficient (Wildman–Crippen LogP) is 4.97. The lowest BCUT2D eigenvalue weighted by atomic mass is 9.44. The molecule has 0 radical (unpaired) electrons. The molecule has 0 aromatic heterocycles. The molecule has 12 atom stereocenters. The summed E-state index contributed by atoms with van der Waals surface area (Å²) in [6, 6.07) is 0. The molecule has 0 bridgehead atoms. The van der Waals surface area contributed by atoms with Gasteiger partial charge in [0.25, 0.3) is 0 Å². The standard InChI is InChI=1S/C27H42O4/c1-15-7-10-27(30-14-15)16(2)23-22(31-27)12-20-19-6-5-17-11-18(28)8-9-25(17,3)24(19)21(29)13-26(20,23)4/h15-20,22-24,28H,5-14H2,1-4H3/t15?,16-,17?,18?,19-,20-,22-,23-,24+,25-,26-,27+/m0/s1. The van der Waals surface area contributed by atoms with Crippen LogP contribution in [-0.4, -0.2) is 35.5 Å². The molecular weight excluding hydrogens is 388 g/mol. The predicted molar refractivity (Wildman–Crippen MR) is 118 cm³/mol. The second-order valence-corrected chi connectivity index (χ2v) is 13.1. The number of aliphatic hydroxyl groups excluding tert-OH is 1. The smallest absolute Gasteiger partial charge is 0.171 e. The number of aliphatic hydroxyl groups is 1.